The van der Waals surface area contributed by atoms with Crippen molar-refractivity contribution >= 4 is 10.0 Å². The summed E-state index contributed by atoms with van der Waals surface area (Å²) in [4.78, 5) is -0.586. The van der Waals surface area contributed by atoms with Crippen molar-refractivity contribution in [3.05, 3.63) is 29.8 Å². The molecule has 2 N–H and O–H groups in total. The average molecular weight is 277 g/mol. The molecule has 0 unspecified atom stereocenters. The third-order valence-electron chi connectivity index (χ3n) is 3.11. The van der Waals surface area contributed by atoms with Gasteiger partial charge in [-0.3, -0.25) is 0 Å². The van der Waals surface area contributed by atoms with Crippen LogP contribution in [0.5, 0.6) is 0 Å². The Bertz CT molecular complexity index is 555. The SMILES string of the molecule is O=S(=O)(NCC1(CO)CC1)c1ccc(F)cc1F. The van der Waals surface area contributed by atoms with Gasteiger partial charge in [-0.2, -0.15) is 0 Å². The molecule has 0 atom stereocenters. The van der Waals surface area contributed by atoms with E-state index in [0.717, 1.165) is 25.0 Å². The second kappa shape index (κ2) is 4.56. The van der Waals surface area contributed by atoms with E-state index in [0.29, 0.717) is 6.07 Å². The normalized spacial score (nSPS) is 17.7. The van der Waals surface area contributed by atoms with E-state index in [1.807, 2.05) is 0 Å². The predicted octanol–water partition coefficient (Wildman–Crippen LogP) is 1.02. The maximum atomic E-state index is 13.4. The average Bonchev–Trinajstić information content (AvgIpc) is 3.07. The maximum Gasteiger partial charge on any atom is 0.243 e. The van der Waals surface area contributed by atoms with Gasteiger partial charge in [0.15, 0.2) is 0 Å². The number of hydrogen-bond acceptors (Lipinski definition) is 3. The molecule has 1 aromatic rings. The first-order valence-corrected chi connectivity index (χ1v) is 6.92. The molecular weight excluding hydrogens is 264 g/mol. The summed E-state index contributed by atoms with van der Waals surface area (Å²) in [5.41, 5.74) is -0.413. The van der Waals surface area contributed by atoms with Crippen LogP contribution in [0.1, 0.15) is 12.8 Å². The van der Waals surface area contributed by atoms with Crippen LogP contribution in [0.3, 0.4) is 0 Å². The fourth-order valence-electron chi connectivity index (χ4n) is 1.59. The Kier molecular flexibility index (Phi) is 3.39. The van der Waals surface area contributed by atoms with Gasteiger partial charge in [0.25, 0.3) is 0 Å². The molecule has 4 nitrogen and oxygen atoms in total. The highest BCUT2D eigenvalue weighted by molar-refractivity contribution is 7.89. The lowest BCUT2D eigenvalue weighted by Gasteiger charge is -2.13. The molecule has 0 aliphatic heterocycles. The van der Waals surface area contributed by atoms with E-state index in [1.54, 1.807) is 0 Å². The van der Waals surface area contributed by atoms with Gasteiger partial charge in [-0.1, -0.05) is 0 Å². The van der Waals surface area contributed by atoms with Crippen molar-refractivity contribution in [1.29, 1.82) is 0 Å². The van der Waals surface area contributed by atoms with Gasteiger partial charge in [-0.15, -0.1) is 0 Å². The minimum Gasteiger partial charge on any atom is -0.396 e. The Morgan fingerprint density at radius 1 is 1.33 bits per heavy atom. The van der Waals surface area contributed by atoms with E-state index in [9.17, 15) is 17.2 Å². The van der Waals surface area contributed by atoms with Gasteiger partial charge >= 0.3 is 0 Å². The van der Waals surface area contributed by atoms with Crippen LogP contribution in [0.15, 0.2) is 23.1 Å². The molecule has 18 heavy (non-hydrogen) atoms. The lowest BCUT2D eigenvalue weighted by Crippen LogP contribution is -2.32. The maximum absolute atomic E-state index is 13.4. The molecule has 0 spiro atoms. The van der Waals surface area contributed by atoms with Crippen LogP contribution >= 0.6 is 0 Å². The molecule has 0 aromatic heterocycles. The smallest absolute Gasteiger partial charge is 0.243 e. The number of sulfonamides is 1. The van der Waals surface area contributed by atoms with Crippen molar-refractivity contribution in [1.82, 2.24) is 4.72 Å². The Hall–Kier alpha value is -1.05. The second-order valence-electron chi connectivity index (χ2n) is 4.56. The van der Waals surface area contributed by atoms with Gasteiger partial charge in [0.1, 0.15) is 16.5 Å². The van der Waals surface area contributed by atoms with Crippen molar-refractivity contribution in [2.24, 2.45) is 5.41 Å². The largest absolute Gasteiger partial charge is 0.396 e. The fraction of sp³-hybridized carbons (Fsp3) is 0.455. The summed E-state index contributed by atoms with van der Waals surface area (Å²) in [6.45, 7) is -0.0515. The van der Waals surface area contributed by atoms with E-state index < -0.39 is 32.0 Å². The molecule has 1 aliphatic rings. The van der Waals surface area contributed by atoms with Gasteiger partial charge in [-0.25, -0.2) is 21.9 Å². The first-order valence-electron chi connectivity index (χ1n) is 5.44. The van der Waals surface area contributed by atoms with Crippen molar-refractivity contribution in [3.8, 4) is 0 Å². The van der Waals surface area contributed by atoms with Crippen molar-refractivity contribution in [2.45, 2.75) is 17.7 Å². The number of hydrogen-bond donors (Lipinski definition) is 2. The Balaban J connectivity index is 2.15. The van der Waals surface area contributed by atoms with Crippen molar-refractivity contribution in [2.75, 3.05) is 13.2 Å². The van der Waals surface area contributed by atoms with Gasteiger partial charge in [0.05, 0.1) is 0 Å². The third-order valence-corrected chi connectivity index (χ3v) is 4.55. The zero-order valence-electron chi connectivity index (χ0n) is 9.49. The van der Waals surface area contributed by atoms with E-state index in [2.05, 4.69) is 4.72 Å². The standard InChI is InChI=1S/C11H13F2NO3S/c12-8-1-2-10(9(13)5-8)18(16,17)14-6-11(7-15)3-4-11/h1-2,5,14-15H,3-4,6-7H2. The number of aliphatic hydroxyl groups excluding tert-OH is 1. The number of nitrogens with one attached hydrogen (secondary N) is 1. The second-order valence-corrected chi connectivity index (χ2v) is 6.29. The quantitative estimate of drug-likeness (QED) is 0.844. The van der Waals surface area contributed by atoms with Crippen molar-refractivity contribution in [3.63, 3.8) is 0 Å². The van der Waals surface area contributed by atoms with Crippen LogP contribution in [-0.4, -0.2) is 26.7 Å². The van der Waals surface area contributed by atoms with Crippen molar-refractivity contribution < 1.29 is 22.3 Å². The summed E-state index contributed by atoms with van der Waals surface area (Å²) in [5.74, 6) is -1.96. The van der Waals surface area contributed by atoms with Crippen LogP contribution in [0.4, 0.5) is 8.78 Å². The highest BCUT2D eigenvalue weighted by Gasteiger charge is 2.42. The molecule has 0 radical (unpaired) electrons. The van der Waals surface area contributed by atoms with Gasteiger partial charge < -0.3 is 5.11 Å². The molecule has 0 bridgehead atoms. The zero-order valence-corrected chi connectivity index (χ0v) is 10.3. The fourth-order valence-corrected chi connectivity index (χ4v) is 2.80. The molecule has 0 saturated heterocycles. The summed E-state index contributed by atoms with van der Waals surface area (Å²) >= 11 is 0. The predicted molar refractivity (Wildman–Crippen MR) is 60.3 cm³/mol. The lowest BCUT2D eigenvalue weighted by atomic mass is 10.1. The first-order chi connectivity index (χ1) is 8.38. The summed E-state index contributed by atoms with van der Waals surface area (Å²) in [6.07, 6.45) is 1.47. The van der Waals surface area contributed by atoms with Crippen LogP contribution in [0, 0.1) is 17.0 Å². The van der Waals surface area contributed by atoms with Crippen LogP contribution < -0.4 is 4.72 Å². The van der Waals surface area contributed by atoms with Gasteiger partial charge in [0, 0.05) is 24.6 Å². The molecule has 1 aliphatic carbocycles. The summed E-state index contributed by atoms with van der Waals surface area (Å²) in [6, 6.07) is 2.29. The molecule has 0 amide bonds. The van der Waals surface area contributed by atoms with Crippen LogP contribution in [0.25, 0.3) is 0 Å². The molecule has 7 heteroatoms. The molecule has 1 saturated carbocycles. The minimum absolute atomic E-state index is 0.0582. The van der Waals surface area contributed by atoms with Crippen LogP contribution in [0.2, 0.25) is 0 Å². The monoisotopic (exact) mass is 277 g/mol. The van der Waals surface area contributed by atoms with E-state index in [-0.39, 0.29) is 13.2 Å². The number of aliphatic hydroxyl groups is 1. The molecule has 0 heterocycles. The Morgan fingerprint density at radius 3 is 2.50 bits per heavy atom. The highest BCUT2D eigenvalue weighted by atomic mass is 32.2. The van der Waals surface area contributed by atoms with E-state index in [4.69, 9.17) is 5.11 Å². The molecule has 1 fully saturated rings. The molecule has 1 aromatic carbocycles. The molecular formula is C11H13F2NO3S. The summed E-state index contributed by atoms with van der Waals surface area (Å²) in [5, 5.41) is 9.06. The zero-order chi connectivity index (χ0) is 13.4. The lowest BCUT2D eigenvalue weighted by molar-refractivity contribution is 0.213. The highest BCUT2D eigenvalue weighted by Crippen LogP contribution is 2.44. The summed E-state index contributed by atoms with van der Waals surface area (Å²) in [7, 11) is -4.01. The number of halogens is 2. The third kappa shape index (κ3) is 2.68. The van der Waals surface area contributed by atoms with Gasteiger partial charge in [0.2, 0.25) is 10.0 Å². The van der Waals surface area contributed by atoms with Crippen LogP contribution in [-0.2, 0) is 10.0 Å². The molecule has 2 rings (SSSR count). The Morgan fingerprint density at radius 2 is 2.00 bits per heavy atom. The Labute approximate surface area is 104 Å². The topological polar surface area (TPSA) is 66.4 Å². The van der Waals surface area contributed by atoms with Gasteiger partial charge in [-0.05, 0) is 25.0 Å². The molecule has 100 valence electrons. The minimum atomic E-state index is -4.01. The summed E-state index contributed by atoms with van der Waals surface area (Å²) < 4.78 is 51.9. The first kappa shape index (κ1) is 13.4. The van der Waals surface area contributed by atoms with E-state index >= 15 is 0 Å². The number of benzene rings is 1. The van der Waals surface area contributed by atoms with E-state index in [1.165, 1.54) is 0 Å². The number of rotatable bonds is 5.